The Morgan fingerprint density at radius 3 is 1.92 bits per heavy atom. The van der Waals surface area contributed by atoms with Gasteiger partial charge in [-0.3, -0.25) is 9.59 Å². The monoisotopic (exact) mass is 343 g/mol. The maximum Gasteiger partial charge on any atom is 0.416 e. The van der Waals surface area contributed by atoms with Gasteiger partial charge in [-0.1, -0.05) is 42.5 Å². The third kappa shape index (κ3) is 3.10. The van der Waals surface area contributed by atoms with Crippen molar-refractivity contribution >= 4 is 17.6 Å². The fourth-order valence-electron chi connectivity index (χ4n) is 2.54. The SMILES string of the molecule is NC1=C(/C=C/c2ccc(C(F)(F)F)cc2)C(=O)c2ccccc2C1=O. The molecule has 25 heavy (non-hydrogen) atoms. The number of carbonyl (C=O) groups excluding carboxylic acids is 2. The number of benzene rings is 2. The van der Waals surface area contributed by atoms with Crippen LogP contribution in [0.25, 0.3) is 6.08 Å². The number of ketones is 2. The molecule has 1 aliphatic rings. The highest BCUT2D eigenvalue weighted by molar-refractivity contribution is 6.27. The molecule has 2 aromatic rings. The van der Waals surface area contributed by atoms with E-state index in [0.29, 0.717) is 5.56 Å². The first kappa shape index (κ1) is 16.7. The Balaban J connectivity index is 1.92. The lowest BCUT2D eigenvalue weighted by atomic mass is 9.87. The Bertz CT molecular complexity index is 922. The molecule has 0 heterocycles. The Labute approximate surface area is 141 Å². The standard InChI is InChI=1S/C19H12F3NO2/c20-19(21,22)12-8-5-11(6-9-12)7-10-15-16(23)18(25)14-4-2-1-3-13(14)17(15)24/h1-10H,23H2/b10-7+. The summed E-state index contributed by atoms with van der Waals surface area (Å²) in [7, 11) is 0. The van der Waals surface area contributed by atoms with Crippen LogP contribution in [0.4, 0.5) is 13.2 Å². The van der Waals surface area contributed by atoms with Crippen LogP contribution in [0.1, 0.15) is 31.8 Å². The smallest absolute Gasteiger partial charge is 0.395 e. The highest BCUT2D eigenvalue weighted by atomic mass is 19.4. The molecule has 0 aromatic heterocycles. The zero-order valence-corrected chi connectivity index (χ0v) is 12.8. The quantitative estimate of drug-likeness (QED) is 0.896. The van der Waals surface area contributed by atoms with E-state index < -0.39 is 23.3 Å². The van der Waals surface area contributed by atoms with Crippen LogP contribution < -0.4 is 5.73 Å². The summed E-state index contributed by atoms with van der Waals surface area (Å²) in [6, 6.07) is 10.8. The molecular formula is C19H12F3NO2. The van der Waals surface area contributed by atoms with Crippen molar-refractivity contribution in [1.29, 1.82) is 0 Å². The number of Topliss-reactive ketones (excluding diaryl/α,β-unsaturated/α-hetero) is 2. The topological polar surface area (TPSA) is 60.2 Å². The number of hydrogen-bond donors (Lipinski definition) is 1. The Morgan fingerprint density at radius 1 is 0.800 bits per heavy atom. The van der Waals surface area contributed by atoms with Crippen LogP contribution in [0.3, 0.4) is 0 Å². The molecule has 0 saturated carbocycles. The first-order valence-corrected chi connectivity index (χ1v) is 7.32. The van der Waals surface area contributed by atoms with E-state index in [-0.39, 0.29) is 22.4 Å². The first-order chi connectivity index (χ1) is 11.8. The summed E-state index contributed by atoms with van der Waals surface area (Å²) >= 11 is 0. The van der Waals surface area contributed by atoms with E-state index in [0.717, 1.165) is 12.1 Å². The number of halogens is 3. The number of allylic oxidation sites excluding steroid dienone is 3. The summed E-state index contributed by atoms with van der Waals surface area (Å²) in [4.78, 5) is 24.7. The molecule has 6 heteroatoms. The average molecular weight is 343 g/mol. The highest BCUT2D eigenvalue weighted by Crippen LogP contribution is 2.29. The summed E-state index contributed by atoms with van der Waals surface area (Å²) in [5, 5.41) is 0. The minimum absolute atomic E-state index is 0.0311. The second-order valence-corrected chi connectivity index (χ2v) is 5.48. The van der Waals surface area contributed by atoms with Crippen molar-refractivity contribution in [2.75, 3.05) is 0 Å². The van der Waals surface area contributed by atoms with E-state index in [4.69, 9.17) is 5.73 Å². The van der Waals surface area contributed by atoms with Crippen molar-refractivity contribution in [3.05, 3.63) is 88.1 Å². The van der Waals surface area contributed by atoms with Gasteiger partial charge in [0.15, 0.2) is 5.78 Å². The molecule has 0 saturated heterocycles. The molecule has 0 amide bonds. The van der Waals surface area contributed by atoms with Gasteiger partial charge in [0, 0.05) is 16.7 Å². The third-order valence-electron chi connectivity index (χ3n) is 3.88. The maximum atomic E-state index is 12.6. The summed E-state index contributed by atoms with van der Waals surface area (Å²) in [5.74, 6) is -0.835. The summed E-state index contributed by atoms with van der Waals surface area (Å²) in [6.07, 6.45) is -1.61. The number of fused-ring (bicyclic) bond motifs is 1. The van der Waals surface area contributed by atoms with Gasteiger partial charge in [0.05, 0.1) is 11.3 Å². The van der Waals surface area contributed by atoms with Crippen LogP contribution in [-0.2, 0) is 6.18 Å². The van der Waals surface area contributed by atoms with Gasteiger partial charge in [0.1, 0.15) is 0 Å². The van der Waals surface area contributed by atoms with E-state index in [1.165, 1.54) is 36.4 Å². The largest absolute Gasteiger partial charge is 0.416 e. The van der Waals surface area contributed by atoms with Gasteiger partial charge in [-0.15, -0.1) is 0 Å². The Kier molecular flexibility index (Phi) is 4.04. The van der Waals surface area contributed by atoms with Crippen molar-refractivity contribution in [2.24, 2.45) is 5.73 Å². The van der Waals surface area contributed by atoms with Crippen LogP contribution in [0.2, 0.25) is 0 Å². The molecule has 0 fully saturated rings. The van der Waals surface area contributed by atoms with Gasteiger partial charge in [0.2, 0.25) is 5.78 Å². The summed E-state index contributed by atoms with van der Waals surface area (Å²) in [6.45, 7) is 0. The van der Waals surface area contributed by atoms with Crippen LogP contribution >= 0.6 is 0 Å². The van der Waals surface area contributed by atoms with E-state index >= 15 is 0 Å². The second kappa shape index (κ2) is 6.05. The van der Waals surface area contributed by atoms with Crippen LogP contribution in [-0.4, -0.2) is 11.6 Å². The fourth-order valence-corrected chi connectivity index (χ4v) is 2.54. The molecule has 0 bridgehead atoms. The molecule has 2 N–H and O–H groups in total. The number of nitrogens with two attached hydrogens (primary N) is 1. The van der Waals surface area contributed by atoms with E-state index in [1.54, 1.807) is 12.1 Å². The number of hydrogen-bond acceptors (Lipinski definition) is 3. The van der Waals surface area contributed by atoms with E-state index in [2.05, 4.69) is 0 Å². The van der Waals surface area contributed by atoms with Crippen molar-refractivity contribution in [1.82, 2.24) is 0 Å². The molecule has 1 aliphatic carbocycles. The molecular weight excluding hydrogens is 331 g/mol. The molecule has 3 nitrogen and oxygen atoms in total. The molecule has 3 rings (SSSR count). The van der Waals surface area contributed by atoms with E-state index in [1.807, 2.05) is 0 Å². The first-order valence-electron chi connectivity index (χ1n) is 7.32. The van der Waals surface area contributed by atoms with Gasteiger partial charge < -0.3 is 5.73 Å². The van der Waals surface area contributed by atoms with Crippen molar-refractivity contribution in [3.63, 3.8) is 0 Å². The lowest BCUT2D eigenvalue weighted by Crippen LogP contribution is -2.25. The Morgan fingerprint density at radius 2 is 1.36 bits per heavy atom. The molecule has 0 aliphatic heterocycles. The number of carbonyl (C=O) groups is 2. The van der Waals surface area contributed by atoms with Gasteiger partial charge in [0.25, 0.3) is 0 Å². The van der Waals surface area contributed by atoms with Gasteiger partial charge in [-0.2, -0.15) is 13.2 Å². The van der Waals surface area contributed by atoms with Crippen molar-refractivity contribution in [2.45, 2.75) is 6.18 Å². The lowest BCUT2D eigenvalue weighted by molar-refractivity contribution is -0.137. The minimum atomic E-state index is -4.41. The van der Waals surface area contributed by atoms with Gasteiger partial charge in [-0.25, -0.2) is 0 Å². The number of rotatable bonds is 2. The fraction of sp³-hybridized carbons (Fsp3) is 0.0526. The van der Waals surface area contributed by atoms with Crippen LogP contribution in [0.15, 0.2) is 65.9 Å². The zero-order chi connectivity index (χ0) is 18.2. The maximum absolute atomic E-state index is 12.6. The second-order valence-electron chi connectivity index (χ2n) is 5.48. The number of alkyl halides is 3. The normalized spacial score (nSPS) is 15.0. The third-order valence-corrected chi connectivity index (χ3v) is 3.88. The molecule has 0 atom stereocenters. The molecule has 2 aromatic carbocycles. The molecule has 0 spiro atoms. The highest BCUT2D eigenvalue weighted by Gasteiger charge is 2.30. The molecule has 0 unspecified atom stereocenters. The zero-order valence-electron chi connectivity index (χ0n) is 12.8. The molecule has 0 radical (unpaired) electrons. The van der Waals surface area contributed by atoms with E-state index in [9.17, 15) is 22.8 Å². The Hall–Kier alpha value is -3.15. The molecule has 126 valence electrons. The van der Waals surface area contributed by atoms with Crippen molar-refractivity contribution < 1.29 is 22.8 Å². The average Bonchev–Trinajstić information content (AvgIpc) is 2.59. The van der Waals surface area contributed by atoms with Gasteiger partial charge in [-0.05, 0) is 23.8 Å². The minimum Gasteiger partial charge on any atom is -0.395 e. The summed E-state index contributed by atoms with van der Waals surface area (Å²) < 4.78 is 37.7. The van der Waals surface area contributed by atoms with Gasteiger partial charge >= 0.3 is 6.18 Å². The predicted molar refractivity (Wildman–Crippen MR) is 86.8 cm³/mol. The van der Waals surface area contributed by atoms with Crippen LogP contribution in [0, 0.1) is 0 Å². The van der Waals surface area contributed by atoms with Crippen molar-refractivity contribution in [3.8, 4) is 0 Å². The summed E-state index contributed by atoms with van der Waals surface area (Å²) in [5.41, 5.74) is 5.83. The predicted octanol–water partition coefficient (Wildman–Crippen LogP) is 4.01. The van der Waals surface area contributed by atoms with Crippen LogP contribution in [0.5, 0.6) is 0 Å². The lowest BCUT2D eigenvalue weighted by Gasteiger charge is -2.16.